The summed E-state index contributed by atoms with van der Waals surface area (Å²) in [6, 6.07) is 0. The Bertz CT molecular complexity index is 456. The van der Waals surface area contributed by atoms with E-state index in [-0.39, 0.29) is 0 Å². The predicted octanol–water partition coefficient (Wildman–Crippen LogP) is 2.60. The van der Waals surface area contributed by atoms with Crippen molar-refractivity contribution in [2.24, 2.45) is 10.9 Å². The van der Waals surface area contributed by atoms with E-state index in [1.807, 2.05) is 12.6 Å². The first-order chi connectivity index (χ1) is 9.61. The number of hydrogen-bond acceptors (Lipinski definition) is 4. The molecule has 1 saturated heterocycles. The SMILES string of the molecule is CN=C(NCc1scnc1C)N1CCSC(C(C)C)C1. The van der Waals surface area contributed by atoms with E-state index in [1.54, 1.807) is 11.3 Å². The van der Waals surface area contributed by atoms with Gasteiger partial charge in [0.2, 0.25) is 0 Å². The van der Waals surface area contributed by atoms with E-state index in [4.69, 9.17) is 0 Å². The monoisotopic (exact) mass is 312 g/mol. The molecule has 1 aliphatic rings. The van der Waals surface area contributed by atoms with Crippen molar-refractivity contribution in [1.29, 1.82) is 0 Å². The third kappa shape index (κ3) is 3.88. The van der Waals surface area contributed by atoms with Crippen LogP contribution in [0.5, 0.6) is 0 Å². The number of aliphatic imine (C=N–C) groups is 1. The van der Waals surface area contributed by atoms with Gasteiger partial charge in [-0.1, -0.05) is 13.8 Å². The first-order valence-electron chi connectivity index (χ1n) is 7.08. The first kappa shape index (κ1) is 15.6. The van der Waals surface area contributed by atoms with E-state index in [0.29, 0.717) is 11.2 Å². The highest BCUT2D eigenvalue weighted by Gasteiger charge is 2.24. The lowest BCUT2D eigenvalue weighted by Gasteiger charge is -2.36. The molecule has 0 aromatic carbocycles. The highest BCUT2D eigenvalue weighted by Crippen LogP contribution is 2.25. The van der Waals surface area contributed by atoms with Crippen molar-refractivity contribution in [3.05, 3.63) is 16.1 Å². The van der Waals surface area contributed by atoms with Gasteiger partial charge in [0.1, 0.15) is 0 Å². The number of aromatic nitrogens is 1. The van der Waals surface area contributed by atoms with Crippen molar-refractivity contribution in [2.45, 2.75) is 32.6 Å². The van der Waals surface area contributed by atoms with Crippen LogP contribution in [0.4, 0.5) is 0 Å². The molecule has 0 spiro atoms. The van der Waals surface area contributed by atoms with Gasteiger partial charge < -0.3 is 10.2 Å². The maximum absolute atomic E-state index is 4.44. The molecule has 2 rings (SSSR count). The highest BCUT2D eigenvalue weighted by molar-refractivity contribution is 8.00. The van der Waals surface area contributed by atoms with Crippen LogP contribution >= 0.6 is 23.1 Å². The maximum Gasteiger partial charge on any atom is 0.194 e. The number of guanidine groups is 1. The minimum atomic E-state index is 0.701. The normalized spacial score (nSPS) is 20.6. The minimum Gasteiger partial charge on any atom is -0.351 e. The Morgan fingerprint density at radius 2 is 2.40 bits per heavy atom. The van der Waals surface area contributed by atoms with Gasteiger partial charge in [-0.15, -0.1) is 11.3 Å². The second-order valence-electron chi connectivity index (χ2n) is 5.36. The number of thiazole rings is 1. The summed E-state index contributed by atoms with van der Waals surface area (Å²) in [4.78, 5) is 12.4. The summed E-state index contributed by atoms with van der Waals surface area (Å²) in [5, 5.41) is 4.18. The summed E-state index contributed by atoms with van der Waals surface area (Å²) in [6.07, 6.45) is 0. The van der Waals surface area contributed by atoms with E-state index in [9.17, 15) is 0 Å². The molecule has 0 saturated carbocycles. The number of nitrogens with one attached hydrogen (secondary N) is 1. The van der Waals surface area contributed by atoms with Gasteiger partial charge in [0, 0.05) is 36.0 Å². The van der Waals surface area contributed by atoms with Crippen LogP contribution in [0.3, 0.4) is 0 Å². The van der Waals surface area contributed by atoms with Gasteiger partial charge in [-0.2, -0.15) is 11.8 Å². The topological polar surface area (TPSA) is 40.5 Å². The van der Waals surface area contributed by atoms with Crippen LogP contribution in [0, 0.1) is 12.8 Å². The van der Waals surface area contributed by atoms with Gasteiger partial charge in [-0.25, -0.2) is 4.98 Å². The molecule has 6 heteroatoms. The molecule has 2 heterocycles. The lowest BCUT2D eigenvalue weighted by atomic mass is 10.1. The van der Waals surface area contributed by atoms with Gasteiger partial charge in [-0.3, -0.25) is 4.99 Å². The Hall–Kier alpha value is -0.750. The van der Waals surface area contributed by atoms with E-state index in [1.165, 1.54) is 10.6 Å². The number of rotatable bonds is 3. The molecular formula is C14H24N4S2. The molecule has 0 aliphatic carbocycles. The van der Waals surface area contributed by atoms with Crippen LogP contribution in [-0.4, -0.2) is 47.0 Å². The van der Waals surface area contributed by atoms with Gasteiger partial charge in [0.05, 0.1) is 17.7 Å². The summed E-state index contributed by atoms with van der Waals surface area (Å²) < 4.78 is 0. The van der Waals surface area contributed by atoms with E-state index in [0.717, 1.165) is 31.3 Å². The van der Waals surface area contributed by atoms with E-state index < -0.39 is 0 Å². The molecule has 1 unspecified atom stereocenters. The molecule has 1 aliphatic heterocycles. The molecule has 1 N–H and O–H groups in total. The largest absolute Gasteiger partial charge is 0.351 e. The van der Waals surface area contributed by atoms with Crippen molar-refractivity contribution in [2.75, 3.05) is 25.9 Å². The fraction of sp³-hybridized carbons (Fsp3) is 0.714. The van der Waals surface area contributed by atoms with Gasteiger partial charge in [0.15, 0.2) is 5.96 Å². The summed E-state index contributed by atoms with van der Waals surface area (Å²) in [5.74, 6) is 2.91. The fourth-order valence-electron chi connectivity index (χ4n) is 2.26. The molecule has 1 fully saturated rings. The van der Waals surface area contributed by atoms with Crippen LogP contribution in [-0.2, 0) is 6.54 Å². The van der Waals surface area contributed by atoms with Crippen molar-refractivity contribution in [3.8, 4) is 0 Å². The van der Waals surface area contributed by atoms with Crippen LogP contribution in [0.25, 0.3) is 0 Å². The Balaban J connectivity index is 1.93. The lowest BCUT2D eigenvalue weighted by molar-refractivity contribution is 0.381. The average Bonchev–Trinajstić information content (AvgIpc) is 2.85. The van der Waals surface area contributed by atoms with Crippen LogP contribution in [0.1, 0.15) is 24.4 Å². The Morgan fingerprint density at radius 1 is 1.60 bits per heavy atom. The van der Waals surface area contributed by atoms with Crippen LogP contribution in [0.15, 0.2) is 10.5 Å². The number of thioether (sulfide) groups is 1. The summed E-state index contributed by atoms with van der Waals surface area (Å²) in [7, 11) is 1.87. The van der Waals surface area contributed by atoms with Crippen molar-refractivity contribution in [3.63, 3.8) is 0 Å². The van der Waals surface area contributed by atoms with E-state index >= 15 is 0 Å². The molecule has 0 radical (unpaired) electrons. The Morgan fingerprint density at radius 3 is 3.00 bits per heavy atom. The number of nitrogens with zero attached hydrogens (tertiary/aromatic N) is 3. The zero-order valence-electron chi connectivity index (χ0n) is 12.7. The maximum atomic E-state index is 4.44. The van der Waals surface area contributed by atoms with Gasteiger partial charge in [0.25, 0.3) is 0 Å². The quantitative estimate of drug-likeness (QED) is 0.688. The molecule has 4 nitrogen and oxygen atoms in total. The Kier molecular flexibility index (Phi) is 5.72. The molecule has 1 aromatic rings. The minimum absolute atomic E-state index is 0.701. The van der Waals surface area contributed by atoms with Crippen LogP contribution < -0.4 is 5.32 Å². The smallest absolute Gasteiger partial charge is 0.194 e. The predicted molar refractivity (Wildman–Crippen MR) is 89.7 cm³/mol. The zero-order chi connectivity index (χ0) is 14.5. The fourth-order valence-corrected chi connectivity index (χ4v) is 4.27. The Labute approximate surface area is 130 Å². The molecule has 1 atom stereocenters. The summed E-state index contributed by atoms with van der Waals surface area (Å²) in [6.45, 7) is 9.65. The zero-order valence-corrected chi connectivity index (χ0v) is 14.4. The van der Waals surface area contributed by atoms with Crippen molar-refractivity contribution >= 4 is 29.1 Å². The summed E-state index contributed by atoms with van der Waals surface area (Å²) >= 11 is 3.79. The molecule has 0 bridgehead atoms. The van der Waals surface area contributed by atoms with Crippen molar-refractivity contribution < 1.29 is 0 Å². The number of hydrogen-bond donors (Lipinski definition) is 1. The molecule has 112 valence electrons. The average molecular weight is 313 g/mol. The molecule has 20 heavy (non-hydrogen) atoms. The molecule has 0 amide bonds. The van der Waals surface area contributed by atoms with E-state index in [2.05, 4.69) is 52.7 Å². The highest BCUT2D eigenvalue weighted by atomic mass is 32.2. The number of aryl methyl sites for hydroxylation is 1. The van der Waals surface area contributed by atoms with Crippen LogP contribution in [0.2, 0.25) is 0 Å². The van der Waals surface area contributed by atoms with Gasteiger partial charge in [-0.05, 0) is 12.8 Å². The molecule has 1 aromatic heterocycles. The second-order valence-corrected chi connectivity index (χ2v) is 7.65. The first-order valence-corrected chi connectivity index (χ1v) is 9.00. The second kappa shape index (κ2) is 7.31. The third-order valence-electron chi connectivity index (χ3n) is 3.60. The van der Waals surface area contributed by atoms with Gasteiger partial charge >= 0.3 is 0 Å². The molecular weight excluding hydrogens is 288 g/mol. The lowest BCUT2D eigenvalue weighted by Crippen LogP contribution is -2.48. The third-order valence-corrected chi connectivity index (χ3v) is 6.08. The summed E-state index contributed by atoms with van der Waals surface area (Å²) in [5.41, 5.74) is 3.02. The van der Waals surface area contributed by atoms with Crippen molar-refractivity contribution in [1.82, 2.24) is 15.2 Å². The standard InChI is InChI=1S/C14H24N4S2/c1-10(2)13-8-18(5-6-19-13)14(15-4)16-7-12-11(3)17-9-20-12/h9-10,13H,5-8H2,1-4H3,(H,15,16).